The quantitative estimate of drug-likeness (QED) is 0.176. The van der Waals surface area contributed by atoms with Crippen molar-refractivity contribution < 1.29 is 28.5 Å². The molecule has 0 saturated carbocycles. The maximum absolute atomic E-state index is 11.8. The van der Waals surface area contributed by atoms with Gasteiger partial charge in [0.2, 0.25) is 0 Å². The van der Waals surface area contributed by atoms with Gasteiger partial charge in [0.1, 0.15) is 11.5 Å². The van der Waals surface area contributed by atoms with E-state index in [1.807, 2.05) is 54.6 Å². The van der Waals surface area contributed by atoms with Crippen LogP contribution in [-0.4, -0.2) is 44.9 Å². The zero-order chi connectivity index (χ0) is 27.9. The van der Waals surface area contributed by atoms with Crippen molar-refractivity contribution in [1.82, 2.24) is 4.98 Å². The Morgan fingerprint density at radius 3 is 2.41 bits per heavy atom. The molecule has 3 aromatic rings. The number of methoxy groups -OCH3 is 3. The number of nitrogens with zero attached hydrogens (tertiary/aromatic N) is 1. The van der Waals surface area contributed by atoms with Crippen LogP contribution in [0.5, 0.6) is 11.5 Å². The Morgan fingerprint density at radius 2 is 1.67 bits per heavy atom. The molecular formula is C32H35NO6. The Bertz CT molecular complexity index is 1280. The van der Waals surface area contributed by atoms with Crippen molar-refractivity contribution in [2.75, 3.05) is 27.9 Å². The second-order valence-electron chi connectivity index (χ2n) is 8.73. The van der Waals surface area contributed by atoms with Crippen molar-refractivity contribution in [1.29, 1.82) is 0 Å². The number of aryl methyl sites for hydroxylation is 1. The molecule has 1 heterocycles. The summed E-state index contributed by atoms with van der Waals surface area (Å²) in [5.41, 5.74) is 3.88. The maximum atomic E-state index is 11.8. The summed E-state index contributed by atoms with van der Waals surface area (Å²) in [5, 5.41) is 0. The largest absolute Gasteiger partial charge is 0.497 e. The summed E-state index contributed by atoms with van der Waals surface area (Å²) in [6.45, 7) is 0.554. The molecule has 0 unspecified atom stereocenters. The molecule has 0 atom stereocenters. The molecule has 39 heavy (non-hydrogen) atoms. The Labute approximate surface area is 230 Å². The zero-order valence-corrected chi connectivity index (χ0v) is 22.7. The van der Waals surface area contributed by atoms with E-state index in [2.05, 4.69) is 12.2 Å². The highest BCUT2D eigenvalue weighted by molar-refractivity contribution is 5.90. The Kier molecular flexibility index (Phi) is 11.8. The molecule has 0 aliphatic rings. The smallest absolute Gasteiger partial charge is 0.337 e. The summed E-state index contributed by atoms with van der Waals surface area (Å²) in [6, 6.07) is 18.9. The number of carbonyl (C=O) groups excluding carboxylic acids is 2. The van der Waals surface area contributed by atoms with Gasteiger partial charge >= 0.3 is 11.9 Å². The average molecular weight is 530 g/mol. The van der Waals surface area contributed by atoms with Crippen molar-refractivity contribution >= 4 is 30.2 Å². The lowest BCUT2D eigenvalue weighted by Gasteiger charge is -2.11. The zero-order valence-electron chi connectivity index (χ0n) is 22.7. The van der Waals surface area contributed by atoms with Crippen LogP contribution in [0, 0.1) is 0 Å². The van der Waals surface area contributed by atoms with Crippen LogP contribution in [0.1, 0.15) is 58.6 Å². The number of benzene rings is 2. The number of hydrogen-bond donors (Lipinski definition) is 0. The standard InChI is InChI=1S/C32H35NO6/c1-36-28-17-13-24(14-18-28)9-6-4-5-7-22-39-30-20-16-27(33-29(30)19-21-31(34)37-2)15-12-25-10-8-11-26(23-25)32(35)38-3/h6,8-18,20,23H,4-5,7,19,21-22H2,1-3H3. The summed E-state index contributed by atoms with van der Waals surface area (Å²) in [6.07, 6.45) is 11.4. The molecule has 0 fully saturated rings. The van der Waals surface area contributed by atoms with E-state index in [-0.39, 0.29) is 18.4 Å². The van der Waals surface area contributed by atoms with Gasteiger partial charge in [-0.2, -0.15) is 0 Å². The van der Waals surface area contributed by atoms with E-state index in [4.69, 9.17) is 23.9 Å². The Balaban J connectivity index is 1.57. The van der Waals surface area contributed by atoms with Gasteiger partial charge in [-0.1, -0.05) is 42.5 Å². The average Bonchev–Trinajstić information content (AvgIpc) is 2.98. The van der Waals surface area contributed by atoms with Gasteiger partial charge in [-0.25, -0.2) is 9.78 Å². The van der Waals surface area contributed by atoms with E-state index < -0.39 is 0 Å². The van der Waals surface area contributed by atoms with Gasteiger partial charge in [-0.05, 0) is 72.9 Å². The summed E-state index contributed by atoms with van der Waals surface area (Å²) in [4.78, 5) is 28.2. The molecule has 0 amide bonds. The molecule has 0 saturated heterocycles. The number of esters is 2. The second kappa shape index (κ2) is 15.8. The van der Waals surface area contributed by atoms with Crippen molar-refractivity contribution in [3.8, 4) is 11.5 Å². The molecule has 0 radical (unpaired) electrons. The van der Waals surface area contributed by atoms with Crippen LogP contribution in [0.4, 0.5) is 0 Å². The predicted molar refractivity (Wildman–Crippen MR) is 153 cm³/mol. The number of carbonyl (C=O) groups is 2. The van der Waals surface area contributed by atoms with Crippen LogP contribution in [-0.2, 0) is 20.7 Å². The van der Waals surface area contributed by atoms with Crippen molar-refractivity contribution in [2.45, 2.75) is 32.1 Å². The molecule has 7 nitrogen and oxygen atoms in total. The molecule has 0 bridgehead atoms. The second-order valence-corrected chi connectivity index (χ2v) is 8.73. The third-order valence-corrected chi connectivity index (χ3v) is 5.95. The van der Waals surface area contributed by atoms with Crippen LogP contribution < -0.4 is 9.47 Å². The predicted octanol–water partition coefficient (Wildman–Crippen LogP) is 6.42. The summed E-state index contributed by atoms with van der Waals surface area (Å²) in [5.74, 6) is 0.826. The van der Waals surface area contributed by atoms with Gasteiger partial charge in [-0.15, -0.1) is 0 Å². The highest BCUT2D eigenvalue weighted by Gasteiger charge is 2.10. The normalized spacial score (nSPS) is 11.1. The first-order valence-corrected chi connectivity index (χ1v) is 12.9. The van der Waals surface area contributed by atoms with E-state index in [0.29, 0.717) is 35.7 Å². The molecule has 0 aliphatic carbocycles. The monoisotopic (exact) mass is 529 g/mol. The van der Waals surface area contributed by atoms with Gasteiger partial charge < -0.3 is 18.9 Å². The molecule has 2 aromatic carbocycles. The van der Waals surface area contributed by atoms with E-state index >= 15 is 0 Å². The highest BCUT2D eigenvalue weighted by Crippen LogP contribution is 2.21. The summed E-state index contributed by atoms with van der Waals surface area (Å²) < 4.78 is 20.8. The molecule has 3 rings (SSSR count). The summed E-state index contributed by atoms with van der Waals surface area (Å²) >= 11 is 0. The lowest BCUT2D eigenvalue weighted by atomic mass is 10.1. The maximum Gasteiger partial charge on any atom is 0.337 e. The number of rotatable bonds is 14. The number of pyridine rings is 1. The molecular weight excluding hydrogens is 494 g/mol. The highest BCUT2D eigenvalue weighted by atomic mass is 16.5. The SMILES string of the molecule is COC(=O)CCc1nc(C=Cc2cccc(C(=O)OC)c2)ccc1OCCCCC=Cc1ccc(OC)cc1. The molecule has 0 N–H and O–H groups in total. The third kappa shape index (κ3) is 9.78. The van der Waals surface area contributed by atoms with Gasteiger partial charge in [-0.3, -0.25) is 4.79 Å². The van der Waals surface area contributed by atoms with E-state index in [1.165, 1.54) is 14.2 Å². The number of ether oxygens (including phenoxy) is 4. The molecule has 1 aromatic heterocycles. The van der Waals surface area contributed by atoms with Crippen LogP contribution in [0.25, 0.3) is 18.2 Å². The fourth-order valence-corrected chi connectivity index (χ4v) is 3.78. The van der Waals surface area contributed by atoms with E-state index in [1.54, 1.807) is 25.3 Å². The molecule has 7 heteroatoms. The van der Waals surface area contributed by atoms with Crippen molar-refractivity contribution in [3.63, 3.8) is 0 Å². The first kappa shape index (κ1) is 29.2. The summed E-state index contributed by atoms with van der Waals surface area (Å²) in [7, 11) is 4.39. The van der Waals surface area contributed by atoms with Gasteiger partial charge in [0.25, 0.3) is 0 Å². The van der Waals surface area contributed by atoms with Crippen molar-refractivity contribution in [3.05, 3.63) is 94.8 Å². The number of aromatic nitrogens is 1. The Morgan fingerprint density at radius 1 is 0.846 bits per heavy atom. The lowest BCUT2D eigenvalue weighted by molar-refractivity contribution is -0.140. The fraction of sp³-hybridized carbons (Fsp3) is 0.281. The van der Waals surface area contributed by atoms with Gasteiger partial charge in [0, 0.05) is 6.42 Å². The first-order chi connectivity index (χ1) is 19.0. The topological polar surface area (TPSA) is 84.0 Å². The molecule has 0 aliphatic heterocycles. The minimum Gasteiger partial charge on any atom is -0.497 e. The minimum atomic E-state index is -0.386. The van der Waals surface area contributed by atoms with E-state index in [9.17, 15) is 9.59 Å². The number of hydrogen-bond acceptors (Lipinski definition) is 7. The van der Waals surface area contributed by atoms with Crippen LogP contribution in [0.3, 0.4) is 0 Å². The third-order valence-electron chi connectivity index (χ3n) is 5.95. The van der Waals surface area contributed by atoms with E-state index in [0.717, 1.165) is 36.1 Å². The van der Waals surface area contributed by atoms with Gasteiger partial charge in [0.15, 0.2) is 0 Å². The first-order valence-electron chi connectivity index (χ1n) is 12.9. The number of unbranched alkanes of at least 4 members (excludes halogenated alkanes) is 2. The fourth-order valence-electron chi connectivity index (χ4n) is 3.78. The number of allylic oxidation sites excluding steroid dienone is 1. The van der Waals surface area contributed by atoms with Crippen molar-refractivity contribution in [2.24, 2.45) is 0 Å². The van der Waals surface area contributed by atoms with Crippen LogP contribution in [0.2, 0.25) is 0 Å². The van der Waals surface area contributed by atoms with Gasteiger partial charge in [0.05, 0.1) is 51.3 Å². The van der Waals surface area contributed by atoms with Crippen LogP contribution >= 0.6 is 0 Å². The Hall–Kier alpha value is -4.39. The minimum absolute atomic E-state index is 0.213. The lowest BCUT2D eigenvalue weighted by Crippen LogP contribution is -2.07. The molecule has 204 valence electrons. The van der Waals surface area contributed by atoms with Crippen LogP contribution in [0.15, 0.2) is 66.7 Å². The molecule has 0 spiro atoms.